The molecule has 106 valence electrons. The highest BCUT2D eigenvalue weighted by molar-refractivity contribution is 9.10. The van der Waals surface area contributed by atoms with Gasteiger partial charge in [-0.2, -0.15) is 0 Å². The van der Waals surface area contributed by atoms with E-state index in [0.29, 0.717) is 5.75 Å². The Labute approximate surface area is 136 Å². The maximum atomic E-state index is 10.7. The molecule has 0 aliphatic heterocycles. The minimum atomic E-state index is -0.723. The van der Waals surface area contributed by atoms with E-state index in [2.05, 4.69) is 31.9 Å². The maximum Gasteiger partial charge on any atom is 0.125 e. The molecule has 0 bridgehead atoms. The van der Waals surface area contributed by atoms with Crippen LogP contribution in [-0.2, 0) is 0 Å². The van der Waals surface area contributed by atoms with Crippen molar-refractivity contribution in [1.82, 2.24) is 0 Å². The zero-order valence-corrected chi connectivity index (χ0v) is 14.7. The van der Waals surface area contributed by atoms with Gasteiger partial charge in [0.15, 0.2) is 0 Å². The van der Waals surface area contributed by atoms with E-state index in [0.717, 1.165) is 31.2 Å². The zero-order valence-electron chi connectivity index (χ0n) is 11.6. The average Bonchev–Trinajstić information content (AvgIpc) is 2.43. The summed E-state index contributed by atoms with van der Waals surface area (Å²) in [5.41, 5.74) is 3.74. The molecule has 0 spiro atoms. The minimum absolute atomic E-state index is 0.692. The monoisotopic (exact) mass is 398 g/mol. The lowest BCUT2D eigenvalue weighted by Crippen LogP contribution is -2.05. The molecule has 0 aliphatic carbocycles. The molecule has 2 rings (SSSR count). The Bertz CT molecular complexity index is 639. The second-order valence-electron chi connectivity index (χ2n) is 4.75. The van der Waals surface area contributed by atoms with Crippen molar-refractivity contribution in [3.8, 4) is 5.75 Å². The predicted octanol–water partition coefficient (Wildman–Crippen LogP) is 4.92. The van der Waals surface area contributed by atoms with Crippen LogP contribution in [0.2, 0.25) is 0 Å². The molecule has 1 N–H and O–H groups in total. The summed E-state index contributed by atoms with van der Waals surface area (Å²) < 4.78 is 7.31. The van der Waals surface area contributed by atoms with Crippen molar-refractivity contribution in [2.24, 2.45) is 0 Å². The van der Waals surface area contributed by atoms with Gasteiger partial charge >= 0.3 is 0 Å². The third kappa shape index (κ3) is 3.08. The Balaban J connectivity index is 2.55. The second kappa shape index (κ2) is 6.29. The first kappa shape index (κ1) is 15.5. The molecule has 0 amide bonds. The van der Waals surface area contributed by atoms with Crippen LogP contribution < -0.4 is 4.74 Å². The molecule has 2 nitrogen and oxygen atoms in total. The van der Waals surface area contributed by atoms with Crippen molar-refractivity contribution >= 4 is 31.9 Å². The van der Waals surface area contributed by atoms with Gasteiger partial charge in [-0.15, -0.1) is 0 Å². The quantitative estimate of drug-likeness (QED) is 0.793. The van der Waals surface area contributed by atoms with Gasteiger partial charge in [-0.05, 0) is 54.8 Å². The standard InChI is InChI=1S/C16H16Br2O2/c1-9-4-5-11(17)7-12(9)16(19)13-8-14(18)10(2)6-15(13)20-3/h4-8,16,19H,1-3H3. The fourth-order valence-corrected chi connectivity index (χ4v) is 2.87. The zero-order chi connectivity index (χ0) is 14.9. The van der Waals surface area contributed by atoms with Crippen LogP contribution in [0, 0.1) is 13.8 Å². The molecule has 2 aromatic carbocycles. The minimum Gasteiger partial charge on any atom is -0.496 e. The Morgan fingerprint density at radius 1 is 1.00 bits per heavy atom. The van der Waals surface area contributed by atoms with E-state index in [1.165, 1.54) is 0 Å². The first-order valence-electron chi connectivity index (χ1n) is 6.22. The van der Waals surface area contributed by atoms with Crippen LogP contribution >= 0.6 is 31.9 Å². The van der Waals surface area contributed by atoms with Gasteiger partial charge in [-0.25, -0.2) is 0 Å². The van der Waals surface area contributed by atoms with Gasteiger partial charge in [-0.1, -0.05) is 37.9 Å². The summed E-state index contributed by atoms with van der Waals surface area (Å²) >= 11 is 6.95. The molecule has 20 heavy (non-hydrogen) atoms. The molecule has 0 aliphatic rings. The summed E-state index contributed by atoms with van der Waals surface area (Å²) in [4.78, 5) is 0. The number of halogens is 2. The lowest BCUT2D eigenvalue weighted by molar-refractivity contribution is 0.214. The highest BCUT2D eigenvalue weighted by Crippen LogP contribution is 2.36. The van der Waals surface area contributed by atoms with Crippen LogP contribution in [-0.4, -0.2) is 12.2 Å². The second-order valence-corrected chi connectivity index (χ2v) is 6.52. The van der Waals surface area contributed by atoms with Crippen LogP contribution in [0.15, 0.2) is 39.3 Å². The molecule has 0 fully saturated rings. The van der Waals surface area contributed by atoms with Gasteiger partial charge < -0.3 is 9.84 Å². The fourth-order valence-electron chi connectivity index (χ4n) is 2.13. The van der Waals surface area contributed by atoms with E-state index >= 15 is 0 Å². The number of hydrogen-bond donors (Lipinski definition) is 1. The van der Waals surface area contributed by atoms with E-state index in [1.807, 2.05) is 44.2 Å². The van der Waals surface area contributed by atoms with Crippen molar-refractivity contribution in [2.45, 2.75) is 20.0 Å². The van der Waals surface area contributed by atoms with Crippen molar-refractivity contribution in [3.63, 3.8) is 0 Å². The summed E-state index contributed by atoms with van der Waals surface area (Å²) in [6.07, 6.45) is -0.723. The molecule has 0 aromatic heterocycles. The first-order chi connectivity index (χ1) is 9.43. The summed E-state index contributed by atoms with van der Waals surface area (Å²) in [5.74, 6) is 0.692. The number of aliphatic hydroxyl groups excluding tert-OH is 1. The first-order valence-corrected chi connectivity index (χ1v) is 7.80. The van der Waals surface area contributed by atoms with Gasteiger partial charge in [0, 0.05) is 14.5 Å². The summed E-state index contributed by atoms with van der Waals surface area (Å²) in [5, 5.41) is 10.7. The van der Waals surface area contributed by atoms with Gasteiger partial charge in [0.2, 0.25) is 0 Å². The number of ether oxygens (including phenoxy) is 1. The van der Waals surface area contributed by atoms with Gasteiger partial charge in [0.25, 0.3) is 0 Å². The predicted molar refractivity (Wildman–Crippen MR) is 88.4 cm³/mol. The van der Waals surface area contributed by atoms with Gasteiger partial charge in [-0.3, -0.25) is 0 Å². The lowest BCUT2D eigenvalue weighted by Gasteiger charge is -2.18. The summed E-state index contributed by atoms with van der Waals surface area (Å²) in [6, 6.07) is 9.73. The molecule has 0 saturated carbocycles. The van der Waals surface area contributed by atoms with Crippen LogP contribution in [0.5, 0.6) is 5.75 Å². The Hall–Kier alpha value is -0.840. The molecule has 0 saturated heterocycles. The van der Waals surface area contributed by atoms with E-state index in [1.54, 1.807) is 7.11 Å². The van der Waals surface area contributed by atoms with Crippen molar-refractivity contribution in [1.29, 1.82) is 0 Å². The summed E-state index contributed by atoms with van der Waals surface area (Å²) in [7, 11) is 1.62. The van der Waals surface area contributed by atoms with E-state index < -0.39 is 6.10 Å². The van der Waals surface area contributed by atoms with E-state index in [-0.39, 0.29) is 0 Å². The molecule has 4 heteroatoms. The molecule has 2 aromatic rings. The molecule has 1 unspecified atom stereocenters. The fraction of sp³-hybridized carbons (Fsp3) is 0.250. The largest absolute Gasteiger partial charge is 0.496 e. The number of hydrogen-bond acceptors (Lipinski definition) is 2. The lowest BCUT2D eigenvalue weighted by atomic mass is 9.96. The Morgan fingerprint density at radius 3 is 2.35 bits per heavy atom. The average molecular weight is 400 g/mol. The highest BCUT2D eigenvalue weighted by atomic mass is 79.9. The SMILES string of the molecule is COc1cc(C)c(Br)cc1C(O)c1cc(Br)ccc1C. The Morgan fingerprint density at radius 2 is 1.70 bits per heavy atom. The number of aryl methyl sites for hydroxylation is 2. The summed E-state index contributed by atoms with van der Waals surface area (Å²) in [6.45, 7) is 3.98. The van der Waals surface area contributed by atoms with Crippen molar-refractivity contribution in [2.75, 3.05) is 7.11 Å². The smallest absolute Gasteiger partial charge is 0.125 e. The van der Waals surface area contributed by atoms with E-state index in [9.17, 15) is 5.11 Å². The number of methoxy groups -OCH3 is 1. The van der Waals surface area contributed by atoms with Crippen LogP contribution in [0.4, 0.5) is 0 Å². The molecular weight excluding hydrogens is 384 g/mol. The number of benzene rings is 2. The molecule has 1 atom stereocenters. The maximum absolute atomic E-state index is 10.7. The normalized spacial score (nSPS) is 12.3. The van der Waals surface area contributed by atoms with Crippen molar-refractivity contribution < 1.29 is 9.84 Å². The molecule has 0 radical (unpaired) electrons. The van der Waals surface area contributed by atoms with Crippen LogP contribution in [0.3, 0.4) is 0 Å². The topological polar surface area (TPSA) is 29.5 Å². The van der Waals surface area contributed by atoms with E-state index in [4.69, 9.17) is 4.74 Å². The Kier molecular flexibility index (Phi) is 4.89. The third-order valence-electron chi connectivity index (χ3n) is 3.34. The van der Waals surface area contributed by atoms with Gasteiger partial charge in [0.1, 0.15) is 11.9 Å². The number of rotatable bonds is 3. The van der Waals surface area contributed by atoms with Crippen molar-refractivity contribution in [3.05, 3.63) is 61.5 Å². The molecular formula is C16H16Br2O2. The van der Waals surface area contributed by atoms with Crippen LogP contribution in [0.1, 0.15) is 28.4 Å². The third-order valence-corrected chi connectivity index (χ3v) is 4.69. The van der Waals surface area contributed by atoms with Crippen LogP contribution in [0.25, 0.3) is 0 Å². The molecule has 0 heterocycles. The number of aliphatic hydroxyl groups is 1. The van der Waals surface area contributed by atoms with Gasteiger partial charge in [0.05, 0.1) is 7.11 Å². The highest BCUT2D eigenvalue weighted by Gasteiger charge is 2.19.